The molecule has 1 atom stereocenters. The molecule has 0 saturated carbocycles. The van der Waals surface area contributed by atoms with Gasteiger partial charge in [0.15, 0.2) is 0 Å². The molecule has 0 aliphatic heterocycles. The standard InChI is InChI=1S/C22H21NO6/c1-13-18(28-2)9-8-16-15(12-20(25)29-21(13)16)11-19(24)23-17(22(26)27)10-14-6-4-3-5-7-14/h3-9,12,17H,10-11H2,1-2H3,(H,23,24)(H,26,27)/t17-/m0/s1. The zero-order chi connectivity index (χ0) is 21.0. The number of carboxylic acids is 1. The van der Waals surface area contributed by atoms with Gasteiger partial charge >= 0.3 is 11.6 Å². The lowest BCUT2D eigenvalue weighted by Gasteiger charge is -2.15. The number of carbonyl (C=O) groups excluding carboxylic acids is 1. The van der Waals surface area contributed by atoms with Crippen LogP contribution in [0, 0.1) is 6.92 Å². The van der Waals surface area contributed by atoms with Crippen molar-refractivity contribution in [1.29, 1.82) is 0 Å². The molecule has 2 aromatic carbocycles. The first-order valence-corrected chi connectivity index (χ1v) is 9.05. The van der Waals surface area contributed by atoms with E-state index in [0.717, 1.165) is 5.56 Å². The highest BCUT2D eigenvalue weighted by Crippen LogP contribution is 2.28. The summed E-state index contributed by atoms with van der Waals surface area (Å²) in [6, 6.07) is 12.7. The number of methoxy groups -OCH3 is 1. The molecular formula is C22H21NO6. The Balaban J connectivity index is 1.84. The van der Waals surface area contributed by atoms with Crippen LogP contribution in [-0.4, -0.2) is 30.1 Å². The Kier molecular flexibility index (Phi) is 5.97. The van der Waals surface area contributed by atoms with Crippen LogP contribution in [0.5, 0.6) is 5.75 Å². The van der Waals surface area contributed by atoms with Crippen LogP contribution in [0.15, 0.2) is 57.7 Å². The summed E-state index contributed by atoms with van der Waals surface area (Å²) in [7, 11) is 1.52. The zero-order valence-electron chi connectivity index (χ0n) is 16.1. The average Bonchev–Trinajstić information content (AvgIpc) is 2.69. The minimum atomic E-state index is -1.12. The van der Waals surface area contributed by atoms with Crippen LogP contribution < -0.4 is 15.7 Å². The molecule has 0 radical (unpaired) electrons. The van der Waals surface area contributed by atoms with Crippen molar-refractivity contribution in [2.45, 2.75) is 25.8 Å². The minimum absolute atomic E-state index is 0.146. The molecule has 1 heterocycles. The molecule has 0 aliphatic carbocycles. The number of benzene rings is 2. The summed E-state index contributed by atoms with van der Waals surface area (Å²) >= 11 is 0. The van der Waals surface area contributed by atoms with E-state index in [1.165, 1.54) is 13.2 Å². The summed E-state index contributed by atoms with van der Waals surface area (Å²) in [5, 5.41) is 12.6. The molecule has 7 heteroatoms. The number of carboxylic acid groups (broad SMARTS) is 1. The second kappa shape index (κ2) is 8.60. The van der Waals surface area contributed by atoms with Crippen molar-refractivity contribution in [3.05, 3.63) is 75.6 Å². The lowest BCUT2D eigenvalue weighted by Crippen LogP contribution is -2.43. The minimum Gasteiger partial charge on any atom is -0.496 e. The number of ether oxygens (including phenoxy) is 1. The van der Waals surface area contributed by atoms with Crippen LogP contribution in [0.1, 0.15) is 16.7 Å². The van der Waals surface area contributed by atoms with E-state index in [0.29, 0.717) is 27.8 Å². The molecule has 150 valence electrons. The van der Waals surface area contributed by atoms with Gasteiger partial charge in [-0.15, -0.1) is 0 Å². The van der Waals surface area contributed by atoms with E-state index in [1.807, 2.05) is 18.2 Å². The van der Waals surface area contributed by atoms with Gasteiger partial charge < -0.3 is 19.6 Å². The molecule has 0 unspecified atom stereocenters. The second-order valence-corrected chi connectivity index (χ2v) is 6.69. The summed E-state index contributed by atoms with van der Waals surface area (Å²) < 4.78 is 10.5. The number of aliphatic carboxylic acids is 1. The maximum Gasteiger partial charge on any atom is 0.336 e. The first-order valence-electron chi connectivity index (χ1n) is 9.05. The van der Waals surface area contributed by atoms with E-state index >= 15 is 0 Å². The highest BCUT2D eigenvalue weighted by atomic mass is 16.5. The molecule has 29 heavy (non-hydrogen) atoms. The molecule has 3 aromatic rings. The SMILES string of the molecule is COc1ccc2c(CC(=O)N[C@@H](Cc3ccccc3)C(=O)O)cc(=O)oc2c1C. The fourth-order valence-corrected chi connectivity index (χ4v) is 3.24. The smallest absolute Gasteiger partial charge is 0.336 e. The van der Waals surface area contributed by atoms with Gasteiger partial charge in [0.25, 0.3) is 0 Å². The maximum atomic E-state index is 12.5. The van der Waals surface area contributed by atoms with E-state index in [1.54, 1.807) is 31.2 Å². The van der Waals surface area contributed by atoms with E-state index < -0.39 is 23.5 Å². The highest BCUT2D eigenvalue weighted by Gasteiger charge is 2.21. The van der Waals surface area contributed by atoms with Crippen LogP contribution in [0.4, 0.5) is 0 Å². The van der Waals surface area contributed by atoms with Crippen LogP contribution in [0.25, 0.3) is 11.0 Å². The summed E-state index contributed by atoms with van der Waals surface area (Å²) in [4.78, 5) is 36.1. The Morgan fingerprint density at radius 3 is 2.55 bits per heavy atom. The number of aryl methyl sites for hydroxylation is 1. The number of hydrogen-bond donors (Lipinski definition) is 2. The predicted octanol–water partition coefficient (Wildman–Crippen LogP) is 2.46. The van der Waals surface area contributed by atoms with Crippen LogP contribution in [0.3, 0.4) is 0 Å². The Morgan fingerprint density at radius 2 is 1.90 bits per heavy atom. The van der Waals surface area contributed by atoms with E-state index in [-0.39, 0.29) is 12.8 Å². The van der Waals surface area contributed by atoms with Crippen molar-refractivity contribution in [1.82, 2.24) is 5.32 Å². The molecule has 0 spiro atoms. The Bertz CT molecular complexity index is 1100. The van der Waals surface area contributed by atoms with Crippen LogP contribution in [-0.2, 0) is 22.4 Å². The van der Waals surface area contributed by atoms with Gasteiger partial charge in [0.05, 0.1) is 13.5 Å². The molecule has 0 fully saturated rings. The third-order valence-electron chi connectivity index (χ3n) is 4.68. The van der Waals surface area contributed by atoms with Gasteiger partial charge in [0.2, 0.25) is 5.91 Å². The third kappa shape index (κ3) is 4.63. The maximum absolute atomic E-state index is 12.5. The summed E-state index contributed by atoms with van der Waals surface area (Å²) in [5.41, 5.74) is 1.67. The molecule has 1 aromatic heterocycles. The third-order valence-corrected chi connectivity index (χ3v) is 4.68. The van der Waals surface area contributed by atoms with Gasteiger partial charge in [-0.1, -0.05) is 30.3 Å². The van der Waals surface area contributed by atoms with E-state index in [2.05, 4.69) is 5.32 Å². The van der Waals surface area contributed by atoms with Crippen LogP contribution in [0.2, 0.25) is 0 Å². The van der Waals surface area contributed by atoms with Gasteiger partial charge in [-0.25, -0.2) is 9.59 Å². The Morgan fingerprint density at radius 1 is 1.17 bits per heavy atom. The molecule has 0 saturated heterocycles. The second-order valence-electron chi connectivity index (χ2n) is 6.69. The molecular weight excluding hydrogens is 374 g/mol. The fraction of sp³-hybridized carbons (Fsp3) is 0.227. The molecule has 0 aliphatic rings. The predicted molar refractivity (Wildman–Crippen MR) is 107 cm³/mol. The topological polar surface area (TPSA) is 106 Å². The molecule has 7 nitrogen and oxygen atoms in total. The Labute approximate surface area is 166 Å². The van der Waals surface area contributed by atoms with E-state index in [9.17, 15) is 19.5 Å². The number of hydrogen-bond acceptors (Lipinski definition) is 5. The van der Waals surface area contributed by atoms with Gasteiger partial charge in [-0.2, -0.15) is 0 Å². The van der Waals surface area contributed by atoms with Crippen molar-refractivity contribution in [3.63, 3.8) is 0 Å². The summed E-state index contributed by atoms with van der Waals surface area (Å²) in [5.74, 6) is -1.05. The lowest BCUT2D eigenvalue weighted by molar-refractivity contribution is -0.141. The zero-order valence-corrected chi connectivity index (χ0v) is 16.1. The quantitative estimate of drug-likeness (QED) is 0.596. The van der Waals surface area contributed by atoms with Crippen molar-refractivity contribution < 1.29 is 23.8 Å². The van der Waals surface area contributed by atoms with Crippen molar-refractivity contribution >= 4 is 22.8 Å². The normalized spacial score (nSPS) is 11.8. The number of nitrogens with one attached hydrogen (secondary N) is 1. The monoisotopic (exact) mass is 395 g/mol. The largest absolute Gasteiger partial charge is 0.496 e. The summed E-state index contributed by atoms with van der Waals surface area (Å²) in [6.07, 6.45) is 0.0162. The van der Waals surface area contributed by atoms with Crippen molar-refractivity contribution in [2.75, 3.05) is 7.11 Å². The van der Waals surface area contributed by atoms with E-state index in [4.69, 9.17) is 9.15 Å². The van der Waals surface area contributed by atoms with Crippen molar-refractivity contribution in [3.8, 4) is 5.75 Å². The lowest BCUT2D eigenvalue weighted by atomic mass is 10.0. The van der Waals surface area contributed by atoms with Gasteiger partial charge in [0, 0.05) is 23.4 Å². The van der Waals surface area contributed by atoms with Crippen LogP contribution >= 0.6 is 0 Å². The fourth-order valence-electron chi connectivity index (χ4n) is 3.24. The van der Waals surface area contributed by atoms with Gasteiger partial charge in [-0.3, -0.25) is 4.79 Å². The Hall–Kier alpha value is -3.61. The average molecular weight is 395 g/mol. The number of amides is 1. The molecule has 2 N–H and O–H groups in total. The molecule has 3 rings (SSSR count). The highest BCUT2D eigenvalue weighted by molar-refractivity contribution is 5.91. The number of fused-ring (bicyclic) bond motifs is 1. The molecule has 0 bridgehead atoms. The van der Waals surface area contributed by atoms with Crippen molar-refractivity contribution in [2.24, 2.45) is 0 Å². The first kappa shape index (κ1) is 20.1. The van der Waals surface area contributed by atoms with Gasteiger partial charge in [0.1, 0.15) is 17.4 Å². The molecule has 1 amide bonds. The summed E-state index contributed by atoms with van der Waals surface area (Å²) in [6.45, 7) is 1.76. The van der Waals surface area contributed by atoms with Gasteiger partial charge in [-0.05, 0) is 30.2 Å². The number of rotatable bonds is 7. The first-order chi connectivity index (χ1) is 13.9. The number of carbonyl (C=O) groups is 2.